The molecule has 1 amide bonds. The van der Waals surface area contributed by atoms with E-state index in [9.17, 15) is 14.0 Å². The Morgan fingerprint density at radius 3 is 2.84 bits per heavy atom. The number of nitrogens with zero attached hydrogens (tertiary/aromatic N) is 2. The van der Waals surface area contributed by atoms with Crippen molar-refractivity contribution in [2.75, 3.05) is 0 Å². The normalized spacial score (nSPS) is 10.4. The lowest BCUT2D eigenvalue weighted by atomic mass is 10.1. The number of primary amides is 1. The van der Waals surface area contributed by atoms with Crippen LogP contribution in [0.2, 0.25) is 0 Å². The maximum absolute atomic E-state index is 13.8. The first-order chi connectivity index (χ1) is 8.99. The molecule has 1 heterocycles. The van der Waals surface area contributed by atoms with Crippen molar-refractivity contribution in [2.24, 2.45) is 5.73 Å². The lowest BCUT2D eigenvalue weighted by Gasteiger charge is -2.07. The molecule has 0 atom stereocenters. The first-order valence-electron chi connectivity index (χ1n) is 5.27. The van der Waals surface area contributed by atoms with E-state index in [-0.39, 0.29) is 23.2 Å². The van der Waals surface area contributed by atoms with Crippen molar-refractivity contribution >= 4 is 28.5 Å². The van der Waals surface area contributed by atoms with Gasteiger partial charge in [0.25, 0.3) is 5.56 Å². The first-order valence-corrected chi connectivity index (χ1v) is 6.35. The average molecular weight is 373 g/mol. The summed E-state index contributed by atoms with van der Waals surface area (Å²) in [5.41, 5.74) is 5.20. The highest BCUT2D eigenvalue weighted by Gasteiger charge is 2.09. The maximum atomic E-state index is 13.8. The number of hydrogen-bond acceptors (Lipinski definition) is 3. The molecule has 0 fully saturated rings. The number of amides is 1. The van der Waals surface area contributed by atoms with Crippen molar-refractivity contribution in [3.05, 3.63) is 61.6 Å². The van der Waals surface area contributed by atoms with Gasteiger partial charge in [-0.05, 0) is 34.7 Å². The van der Waals surface area contributed by atoms with Gasteiger partial charge in [0.05, 0.1) is 16.4 Å². The van der Waals surface area contributed by atoms with Gasteiger partial charge in [-0.1, -0.05) is 6.07 Å². The second-order valence-electron chi connectivity index (χ2n) is 3.85. The molecular weight excluding hydrogens is 364 g/mol. The number of benzene rings is 1. The van der Waals surface area contributed by atoms with E-state index in [1.807, 2.05) is 22.6 Å². The van der Waals surface area contributed by atoms with E-state index in [0.29, 0.717) is 3.57 Å². The van der Waals surface area contributed by atoms with Gasteiger partial charge in [0.15, 0.2) is 0 Å². The molecule has 0 bridgehead atoms. The summed E-state index contributed by atoms with van der Waals surface area (Å²) >= 11 is 1.86. The summed E-state index contributed by atoms with van der Waals surface area (Å²) in [4.78, 5) is 26.6. The van der Waals surface area contributed by atoms with Gasteiger partial charge in [-0.15, -0.1) is 0 Å². The van der Waals surface area contributed by atoms with Crippen molar-refractivity contribution < 1.29 is 9.18 Å². The zero-order valence-electron chi connectivity index (χ0n) is 9.64. The van der Waals surface area contributed by atoms with E-state index in [1.165, 1.54) is 29.2 Å². The number of carbonyl (C=O) groups is 1. The molecule has 5 nitrogen and oxygen atoms in total. The van der Waals surface area contributed by atoms with Crippen LogP contribution >= 0.6 is 22.6 Å². The van der Waals surface area contributed by atoms with Crippen LogP contribution in [0.15, 0.2) is 35.5 Å². The van der Waals surface area contributed by atoms with Crippen LogP contribution in [0.4, 0.5) is 4.39 Å². The Kier molecular flexibility index (Phi) is 3.93. The van der Waals surface area contributed by atoms with Crippen LogP contribution in [0.5, 0.6) is 0 Å². The minimum absolute atomic E-state index is 0.0492. The summed E-state index contributed by atoms with van der Waals surface area (Å²) in [5.74, 6) is -1.28. The van der Waals surface area contributed by atoms with Gasteiger partial charge in [-0.25, -0.2) is 9.37 Å². The van der Waals surface area contributed by atoms with E-state index in [4.69, 9.17) is 5.73 Å². The minimum Gasteiger partial charge on any atom is -0.366 e. The van der Waals surface area contributed by atoms with E-state index in [1.54, 1.807) is 0 Å². The molecule has 0 radical (unpaired) electrons. The molecule has 0 aliphatic heterocycles. The molecule has 0 unspecified atom stereocenters. The second-order valence-corrected chi connectivity index (χ2v) is 5.01. The number of aromatic nitrogens is 2. The topological polar surface area (TPSA) is 78.0 Å². The molecule has 2 aromatic rings. The number of hydrogen-bond donors (Lipinski definition) is 1. The van der Waals surface area contributed by atoms with Crippen LogP contribution in [-0.2, 0) is 6.54 Å². The van der Waals surface area contributed by atoms with Crippen molar-refractivity contribution in [1.82, 2.24) is 9.55 Å². The summed E-state index contributed by atoms with van der Waals surface area (Å²) < 4.78 is 15.5. The molecule has 98 valence electrons. The largest absolute Gasteiger partial charge is 0.366 e. The molecule has 19 heavy (non-hydrogen) atoms. The SMILES string of the molecule is NC(=O)c1ccc(Cn2cncc(I)c2=O)c(F)c1. The Morgan fingerprint density at radius 2 is 2.21 bits per heavy atom. The van der Waals surface area contributed by atoms with E-state index in [0.717, 1.165) is 6.07 Å². The molecule has 1 aromatic carbocycles. The van der Waals surface area contributed by atoms with Gasteiger partial charge in [0, 0.05) is 17.3 Å². The third kappa shape index (κ3) is 2.98. The van der Waals surface area contributed by atoms with Gasteiger partial charge < -0.3 is 5.73 Å². The highest BCUT2D eigenvalue weighted by Crippen LogP contribution is 2.11. The Labute approximate surface area is 121 Å². The van der Waals surface area contributed by atoms with Crippen LogP contribution in [0.25, 0.3) is 0 Å². The van der Waals surface area contributed by atoms with Crippen molar-refractivity contribution in [2.45, 2.75) is 6.54 Å². The molecular formula is C12H9FIN3O2. The molecule has 7 heteroatoms. The summed E-state index contributed by atoms with van der Waals surface area (Å²) in [5, 5.41) is 0. The fourth-order valence-corrected chi connectivity index (χ4v) is 2.02. The fraction of sp³-hybridized carbons (Fsp3) is 0.0833. The highest BCUT2D eigenvalue weighted by molar-refractivity contribution is 14.1. The van der Waals surface area contributed by atoms with E-state index >= 15 is 0 Å². The van der Waals surface area contributed by atoms with E-state index in [2.05, 4.69) is 4.98 Å². The second kappa shape index (κ2) is 5.47. The van der Waals surface area contributed by atoms with Crippen LogP contribution in [-0.4, -0.2) is 15.5 Å². The first kappa shape index (κ1) is 13.7. The van der Waals surface area contributed by atoms with Crippen molar-refractivity contribution in [3.63, 3.8) is 0 Å². The van der Waals surface area contributed by atoms with Crippen LogP contribution in [0.3, 0.4) is 0 Å². The smallest absolute Gasteiger partial charge is 0.267 e. The standard InChI is InChI=1S/C12H9FIN3O2/c13-9-3-7(11(15)18)1-2-8(9)5-17-6-16-4-10(14)12(17)19/h1-4,6H,5H2,(H2,15,18). The Hall–Kier alpha value is -1.77. The number of halogens is 2. The van der Waals surface area contributed by atoms with Gasteiger partial charge in [0.1, 0.15) is 5.82 Å². The van der Waals surface area contributed by atoms with Gasteiger partial charge in [-0.2, -0.15) is 0 Å². The number of nitrogens with two attached hydrogens (primary N) is 1. The monoisotopic (exact) mass is 373 g/mol. The Morgan fingerprint density at radius 1 is 1.47 bits per heavy atom. The van der Waals surface area contributed by atoms with Crippen LogP contribution < -0.4 is 11.3 Å². The van der Waals surface area contributed by atoms with Crippen LogP contribution in [0.1, 0.15) is 15.9 Å². The quantitative estimate of drug-likeness (QED) is 0.820. The minimum atomic E-state index is -0.696. The zero-order chi connectivity index (χ0) is 14.0. The number of rotatable bonds is 3. The van der Waals surface area contributed by atoms with Crippen molar-refractivity contribution in [3.8, 4) is 0 Å². The predicted molar refractivity (Wildman–Crippen MR) is 75.2 cm³/mol. The van der Waals surface area contributed by atoms with Gasteiger partial charge in [0.2, 0.25) is 5.91 Å². The van der Waals surface area contributed by atoms with Gasteiger partial charge >= 0.3 is 0 Å². The molecule has 0 saturated heterocycles. The summed E-state index contributed by atoms with van der Waals surface area (Å²) in [6.07, 6.45) is 2.78. The summed E-state index contributed by atoms with van der Waals surface area (Å²) in [7, 11) is 0. The highest BCUT2D eigenvalue weighted by atomic mass is 127. The molecule has 2 N–H and O–H groups in total. The Bertz CT molecular complexity index is 700. The van der Waals surface area contributed by atoms with Gasteiger partial charge in [-0.3, -0.25) is 14.2 Å². The summed E-state index contributed by atoms with van der Waals surface area (Å²) in [6.45, 7) is 0.0492. The third-order valence-corrected chi connectivity index (χ3v) is 3.28. The Balaban J connectivity index is 2.36. The third-order valence-electron chi connectivity index (χ3n) is 2.54. The molecule has 1 aromatic heterocycles. The number of carbonyl (C=O) groups excluding carboxylic acids is 1. The molecule has 2 rings (SSSR count). The maximum Gasteiger partial charge on any atom is 0.267 e. The lowest BCUT2D eigenvalue weighted by Crippen LogP contribution is -2.23. The average Bonchev–Trinajstić information content (AvgIpc) is 2.37. The lowest BCUT2D eigenvalue weighted by molar-refractivity contribution is 0.1000. The molecule has 0 saturated carbocycles. The molecule has 0 aliphatic carbocycles. The summed E-state index contributed by atoms with van der Waals surface area (Å²) in [6, 6.07) is 3.92. The van der Waals surface area contributed by atoms with Crippen molar-refractivity contribution in [1.29, 1.82) is 0 Å². The molecule has 0 aliphatic rings. The van der Waals surface area contributed by atoms with E-state index < -0.39 is 11.7 Å². The predicted octanol–water partition coefficient (Wildman–Crippen LogP) is 1.13. The van der Waals surface area contributed by atoms with Crippen LogP contribution in [0, 0.1) is 9.39 Å². The zero-order valence-corrected chi connectivity index (χ0v) is 11.8. The fourth-order valence-electron chi connectivity index (χ4n) is 1.55. The molecule has 0 spiro atoms.